The van der Waals surface area contributed by atoms with E-state index in [1.807, 2.05) is 18.2 Å². The molecule has 0 heterocycles. The topological polar surface area (TPSA) is 47.6 Å². The second kappa shape index (κ2) is 8.95. The van der Waals surface area contributed by atoms with Crippen LogP contribution in [0.3, 0.4) is 0 Å². The molecule has 0 aliphatic carbocycles. The first-order valence-electron chi connectivity index (χ1n) is 8.69. The lowest BCUT2D eigenvalue weighted by Crippen LogP contribution is -2.38. The molecule has 0 saturated heterocycles. The highest BCUT2D eigenvalue weighted by Crippen LogP contribution is 2.30. The Morgan fingerprint density at radius 2 is 1.77 bits per heavy atom. The molecule has 140 valence electrons. The molecule has 0 aromatic heterocycles. The van der Waals surface area contributed by atoms with Crippen molar-refractivity contribution in [2.24, 2.45) is 0 Å². The van der Waals surface area contributed by atoms with Crippen LogP contribution in [0.1, 0.15) is 33.3 Å². The molecule has 0 aliphatic heterocycles. The molecule has 0 unspecified atom stereocenters. The highest BCUT2D eigenvalue weighted by atomic mass is 35.5. The van der Waals surface area contributed by atoms with E-state index in [1.165, 1.54) is 0 Å². The Morgan fingerprint density at radius 1 is 1.12 bits per heavy atom. The van der Waals surface area contributed by atoms with Crippen molar-refractivity contribution in [3.8, 4) is 11.5 Å². The van der Waals surface area contributed by atoms with E-state index in [9.17, 15) is 4.79 Å². The van der Waals surface area contributed by atoms with E-state index in [4.69, 9.17) is 21.1 Å². The van der Waals surface area contributed by atoms with Gasteiger partial charge in [-0.3, -0.25) is 4.79 Å². The fourth-order valence-corrected chi connectivity index (χ4v) is 2.59. The molecule has 1 N–H and O–H groups in total. The first-order chi connectivity index (χ1) is 12.3. The summed E-state index contributed by atoms with van der Waals surface area (Å²) < 4.78 is 11.5. The summed E-state index contributed by atoms with van der Waals surface area (Å²) in [5.74, 6) is 1.26. The second-order valence-electron chi connectivity index (χ2n) is 7.10. The van der Waals surface area contributed by atoms with Crippen molar-refractivity contribution in [1.29, 1.82) is 0 Å². The average molecular weight is 376 g/mol. The molecule has 2 aromatic carbocycles. The predicted octanol–water partition coefficient (Wildman–Crippen LogP) is 4.60. The predicted molar refractivity (Wildman–Crippen MR) is 105 cm³/mol. The molecule has 1 atom stereocenters. The molecule has 2 rings (SSSR count). The van der Waals surface area contributed by atoms with Crippen LogP contribution >= 0.6 is 11.6 Å². The minimum Gasteiger partial charge on any atom is -0.491 e. The van der Waals surface area contributed by atoms with Crippen molar-refractivity contribution in [1.82, 2.24) is 5.32 Å². The quantitative estimate of drug-likeness (QED) is 0.719. The summed E-state index contributed by atoms with van der Waals surface area (Å²) in [6, 6.07) is 14.9. The van der Waals surface area contributed by atoms with Gasteiger partial charge in [-0.05, 0) is 48.2 Å². The number of hydrogen-bond donors (Lipinski definition) is 1. The zero-order valence-corrected chi connectivity index (χ0v) is 16.5. The minimum absolute atomic E-state index is 0.000769. The average Bonchev–Trinajstić information content (AvgIpc) is 2.60. The lowest BCUT2D eigenvalue weighted by molar-refractivity contribution is -0.127. The van der Waals surface area contributed by atoms with E-state index in [-0.39, 0.29) is 11.3 Å². The summed E-state index contributed by atoms with van der Waals surface area (Å²) in [6.45, 7) is 8.95. The van der Waals surface area contributed by atoms with Crippen LogP contribution in [0.25, 0.3) is 0 Å². The fraction of sp³-hybridized carbons (Fsp3) is 0.381. The lowest BCUT2D eigenvalue weighted by atomic mass is 9.86. The van der Waals surface area contributed by atoms with E-state index in [0.717, 1.165) is 11.3 Å². The van der Waals surface area contributed by atoms with Gasteiger partial charge >= 0.3 is 0 Å². The Kier molecular flexibility index (Phi) is 6.92. The van der Waals surface area contributed by atoms with Crippen molar-refractivity contribution in [3.63, 3.8) is 0 Å². The van der Waals surface area contributed by atoms with Gasteiger partial charge in [0.05, 0.1) is 6.54 Å². The summed E-state index contributed by atoms with van der Waals surface area (Å²) >= 11 is 5.84. The molecule has 0 aliphatic rings. The summed E-state index contributed by atoms with van der Waals surface area (Å²) in [5, 5.41) is 3.45. The Balaban J connectivity index is 1.79. The van der Waals surface area contributed by atoms with E-state index < -0.39 is 6.10 Å². The van der Waals surface area contributed by atoms with Crippen LogP contribution in [0, 0.1) is 0 Å². The number of amides is 1. The van der Waals surface area contributed by atoms with E-state index in [0.29, 0.717) is 23.9 Å². The largest absolute Gasteiger partial charge is 0.491 e. The number of benzene rings is 2. The molecular weight excluding hydrogens is 350 g/mol. The zero-order chi connectivity index (χ0) is 19.2. The Bertz CT molecular complexity index is 723. The van der Waals surface area contributed by atoms with Crippen LogP contribution in [-0.4, -0.2) is 25.2 Å². The maximum Gasteiger partial charge on any atom is 0.260 e. The third-order valence-electron chi connectivity index (χ3n) is 3.85. The van der Waals surface area contributed by atoms with Gasteiger partial charge in [0.1, 0.15) is 18.1 Å². The number of ether oxygens (including phenoxy) is 2. The number of carbonyl (C=O) groups excluding carboxylic acids is 1. The smallest absolute Gasteiger partial charge is 0.260 e. The molecule has 2 aromatic rings. The van der Waals surface area contributed by atoms with E-state index in [1.54, 1.807) is 31.2 Å². The Morgan fingerprint density at radius 3 is 2.42 bits per heavy atom. The molecule has 0 fully saturated rings. The van der Waals surface area contributed by atoms with Gasteiger partial charge < -0.3 is 14.8 Å². The van der Waals surface area contributed by atoms with Crippen LogP contribution in [-0.2, 0) is 10.2 Å². The van der Waals surface area contributed by atoms with Gasteiger partial charge in [0.25, 0.3) is 5.91 Å². The minimum atomic E-state index is -0.599. The molecule has 0 saturated carbocycles. The van der Waals surface area contributed by atoms with Gasteiger partial charge in [-0.1, -0.05) is 50.6 Å². The van der Waals surface area contributed by atoms with Crippen LogP contribution in [0.15, 0.2) is 48.5 Å². The Labute approximate surface area is 160 Å². The highest BCUT2D eigenvalue weighted by molar-refractivity contribution is 6.30. The van der Waals surface area contributed by atoms with Gasteiger partial charge in [-0.15, -0.1) is 0 Å². The molecule has 5 heteroatoms. The van der Waals surface area contributed by atoms with Crippen molar-refractivity contribution >= 4 is 17.5 Å². The fourth-order valence-electron chi connectivity index (χ4n) is 2.46. The van der Waals surface area contributed by atoms with Crippen LogP contribution < -0.4 is 14.8 Å². The monoisotopic (exact) mass is 375 g/mol. The number of para-hydroxylation sites is 1. The normalized spacial score (nSPS) is 12.3. The zero-order valence-electron chi connectivity index (χ0n) is 15.7. The summed E-state index contributed by atoms with van der Waals surface area (Å²) in [4.78, 5) is 12.1. The van der Waals surface area contributed by atoms with Crippen LogP contribution in [0.5, 0.6) is 11.5 Å². The van der Waals surface area contributed by atoms with E-state index in [2.05, 4.69) is 32.2 Å². The summed E-state index contributed by atoms with van der Waals surface area (Å²) in [5.41, 5.74) is 1.14. The molecule has 0 bridgehead atoms. The number of hydrogen-bond acceptors (Lipinski definition) is 3. The van der Waals surface area contributed by atoms with Crippen LogP contribution in [0.4, 0.5) is 0 Å². The third-order valence-corrected chi connectivity index (χ3v) is 4.10. The van der Waals surface area contributed by atoms with Gasteiger partial charge in [-0.25, -0.2) is 0 Å². The number of nitrogens with one attached hydrogen (secondary N) is 1. The SMILES string of the molecule is C[C@H](Oc1ccc(Cl)cc1)C(=O)NCCOc1ccccc1C(C)(C)C. The molecule has 26 heavy (non-hydrogen) atoms. The van der Waals surface area contributed by atoms with Crippen molar-refractivity contribution < 1.29 is 14.3 Å². The van der Waals surface area contributed by atoms with Gasteiger partial charge in [0.15, 0.2) is 6.10 Å². The second-order valence-corrected chi connectivity index (χ2v) is 7.54. The summed E-state index contributed by atoms with van der Waals surface area (Å²) in [7, 11) is 0. The van der Waals surface area contributed by atoms with Crippen molar-refractivity contribution in [2.75, 3.05) is 13.2 Å². The summed E-state index contributed by atoms with van der Waals surface area (Å²) in [6.07, 6.45) is -0.599. The van der Waals surface area contributed by atoms with Crippen molar-refractivity contribution in [2.45, 2.75) is 39.2 Å². The molecule has 0 spiro atoms. The maximum atomic E-state index is 12.1. The number of halogens is 1. The maximum absolute atomic E-state index is 12.1. The number of carbonyl (C=O) groups is 1. The first-order valence-corrected chi connectivity index (χ1v) is 9.07. The Hall–Kier alpha value is -2.20. The first kappa shape index (κ1) is 20.1. The molecule has 0 radical (unpaired) electrons. The van der Waals surface area contributed by atoms with Gasteiger partial charge in [-0.2, -0.15) is 0 Å². The van der Waals surface area contributed by atoms with Gasteiger partial charge in [0.2, 0.25) is 0 Å². The van der Waals surface area contributed by atoms with E-state index >= 15 is 0 Å². The third kappa shape index (κ3) is 5.95. The van der Waals surface area contributed by atoms with Crippen molar-refractivity contribution in [3.05, 3.63) is 59.1 Å². The molecular formula is C21H26ClNO3. The molecule has 1 amide bonds. The highest BCUT2D eigenvalue weighted by Gasteiger charge is 2.18. The lowest BCUT2D eigenvalue weighted by Gasteiger charge is -2.22. The van der Waals surface area contributed by atoms with Gasteiger partial charge in [0, 0.05) is 5.02 Å². The number of rotatable bonds is 7. The molecule has 4 nitrogen and oxygen atoms in total. The standard InChI is InChI=1S/C21H26ClNO3/c1-15(26-17-11-9-16(22)10-12-17)20(24)23-13-14-25-19-8-6-5-7-18(19)21(2,3)4/h5-12,15H,13-14H2,1-4H3,(H,23,24)/t15-/m0/s1. The van der Waals surface area contributed by atoms with Crippen LogP contribution in [0.2, 0.25) is 5.02 Å².